The van der Waals surface area contributed by atoms with E-state index in [1.807, 2.05) is 0 Å². The van der Waals surface area contributed by atoms with Gasteiger partial charge in [-0.3, -0.25) is 4.79 Å². The highest BCUT2D eigenvalue weighted by Gasteiger charge is 2.54. The number of hydrogen-bond donors (Lipinski definition) is 3. The van der Waals surface area contributed by atoms with Crippen LogP contribution in [0.2, 0.25) is 0 Å². The normalized spacial score (nSPS) is 31.8. The van der Waals surface area contributed by atoms with Crippen LogP contribution in [0.25, 0.3) is 0 Å². The lowest BCUT2D eigenvalue weighted by Crippen LogP contribution is -2.36. The number of aliphatic hydroxyl groups excluding tert-OH is 1. The molecule has 0 spiro atoms. The Morgan fingerprint density at radius 2 is 2.16 bits per heavy atom. The summed E-state index contributed by atoms with van der Waals surface area (Å²) in [6, 6.07) is 2.05. The smallest absolute Gasteiger partial charge is 0.340 e. The first-order chi connectivity index (χ1) is 9.08. The highest BCUT2D eigenvalue weighted by Crippen LogP contribution is 2.55. The van der Waals surface area contributed by atoms with Crippen molar-refractivity contribution in [2.45, 2.75) is 18.9 Å². The molecule has 4 atom stereocenters. The zero-order valence-corrected chi connectivity index (χ0v) is 10.2. The van der Waals surface area contributed by atoms with E-state index in [1.165, 1.54) is 0 Å². The molecule has 1 aromatic heterocycles. The molecule has 1 heterocycles. The molecule has 0 bridgehead atoms. The third-order valence-electron chi connectivity index (χ3n) is 4.10. The zero-order chi connectivity index (χ0) is 13.6. The summed E-state index contributed by atoms with van der Waals surface area (Å²) in [5, 5.41) is 21.3. The number of fused-ring (bicyclic) bond motifs is 1. The number of amides is 1. The summed E-state index contributed by atoms with van der Waals surface area (Å²) in [7, 11) is 0. The highest BCUT2D eigenvalue weighted by molar-refractivity contribution is 5.91. The van der Waals surface area contributed by atoms with Gasteiger partial charge >= 0.3 is 5.63 Å². The van der Waals surface area contributed by atoms with Crippen molar-refractivity contribution in [3.8, 4) is 5.75 Å². The maximum absolute atomic E-state index is 11.9. The first-order valence-electron chi connectivity index (χ1n) is 6.34. The molecule has 3 N–H and O–H groups in total. The Bertz CT molecular complexity index is 566. The van der Waals surface area contributed by atoms with Crippen molar-refractivity contribution in [3.05, 3.63) is 28.3 Å². The number of rotatable bonds is 3. The minimum absolute atomic E-state index is 0.0160. The number of aliphatic hydroxyl groups is 1. The zero-order valence-electron chi connectivity index (χ0n) is 10.2. The van der Waals surface area contributed by atoms with Gasteiger partial charge in [0.25, 0.3) is 5.91 Å². The van der Waals surface area contributed by atoms with Gasteiger partial charge in [0.15, 0.2) is 5.76 Å². The van der Waals surface area contributed by atoms with E-state index in [2.05, 4.69) is 5.32 Å². The molecule has 0 saturated heterocycles. The molecule has 1 aromatic rings. The van der Waals surface area contributed by atoms with Crippen LogP contribution in [0.15, 0.2) is 21.3 Å². The topological polar surface area (TPSA) is 99.8 Å². The Kier molecular flexibility index (Phi) is 2.82. The van der Waals surface area contributed by atoms with Crippen LogP contribution in [0.5, 0.6) is 5.75 Å². The van der Waals surface area contributed by atoms with Gasteiger partial charge in [0.2, 0.25) is 0 Å². The van der Waals surface area contributed by atoms with Crippen LogP contribution in [0.3, 0.4) is 0 Å². The molecule has 19 heavy (non-hydrogen) atoms. The lowest BCUT2D eigenvalue weighted by molar-refractivity contribution is 0.0896. The molecule has 0 unspecified atom stereocenters. The van der Waals surface area contributed by atoms with Gasteiger partial charge in [-0.05, 0) is 30.6 Å². The van der Waals surface area contributed by atoms with E-state index in [1.54, 1.807) is 0 Å². The Hall–Kier alpha value is -1.82. The Balaban J connectivity index is 1.70. The predicted molar refractivity (Wildman–Crippen MR) is 64.7 cm³/mol. The molecule has 2 aliphatic carbocycles. The second kappa shape index (κ2) is 4.38. The molecule has 2 saturated carbocycles. The summed E-state index contributed by atoms with van der Waals surface area (Å²) in [5.74, 6) is 0.213. The Morgan fingerprint density at radius 1 is 1.37 bits per heavy atom. The second-order valence-electron chi connectivity index (χ2n) is 5.32. The number of hydrogen-bond acceptors (Lipinski definition) is 5. The SMILES string of the molecule is O=C(N[C@H]1C[C@@H](CO)[C@@H]2C[C@@H]21)c1cc(O)cc(=O)o1. The molecule has 0 radical (unpaired) electrons. The lowest BCUT2D eigenvalue weighted by atomic mass is 10.0. The second-order valence-corrected chi connectivity index (χ2v) is 5.32. The van der Waals surface area contributed by atoms with E-state index in [4.69, 9.17) is 4.42 Å². The molecular formula is C13H15NO5. The van der Waals surface area contributed by atoms with Gasteiger partial charge in [0.05, 0.1) is 6.07 Å². The van der Waals surface area contributed by atoms with Gasteiger partial charge < -0.3 is 19.9 Å². The van der Waals surface area contributed by atoms with Crippen LogP contribution in [0.1, 0.15) is 23.4 Å². The van der Waals surface area contributed by atoms with Gasteiger partial charge in [-0.25, -0.2) is 4.79 Å². The van der Waals surface area contributed by atoms with E-state index >= 15 is 0 Å². The monoisotopic (exact) mass is 265 g/mol. The van der Waals surface area contributed by atoms with Crippen LogP contribution in [0.4, 0.5) is 0 Å². The summed E-state index contributed by atoms with van der Waals surface area (Å²) >= 11 is 0. The van der Waals surface area contributed by atoms with Crippen molar-refractivity contribution < 1.29 is 19.4 Å². The molecule has 1 amide bonds. The maximum atomic E-state index is 11.9. The summed E-state index contributed by atoms with van der Waals surface area (Å²) in [6.45, 7) is 0.148. The number of nitrogens with one attached hydrogen (secondary N) is 1. The molecule has 6 heteroatoms. The van der Waals surface area contributed by atoms with Crippen molar-refractivity contribution in [1.29, 1.82) is 0 Å². The average molecular weight is 265 g/mol. The number of carbonyl (C=O) groups is 1. The molecular weight excluding hydrogens is 250 g/mol. The minimum atomic E-state index is -0.755. The number of carbonyl (C=O) groups excluding carboxylic acids is 1. The van der Waals surface area contributed by atoms with Crippen molar-refractivity contribution in [2.75, 3.05) is 6.61 Å². The molecule has 0 aliphatic heterocycles. The van der Waals surface area contributed by atoms with E-state index in [0.717, 1.165) is 25.0 Å². The third kappa shape index (κ3) is 2.23. The largest absolute Gasteiger partial charge is 0.508 e. The molecule has 6 nitrogen and oxygen atoms in total. The van der Waals surface area contributed by atoms with Crippen LogP contribution >= 0.6 is 0 Å². The fourth-order valence-electron chi connectivity index (χ4n) is 3.11. The maximum Gasteiger partial charge on any atom is 0.340 e. The first-order valence-corrected chi connectivity index (χ1v) is 6.34. The summed E-state index contributed by atoms with van der Waals surface area (Å²) < 4.78 is 4.76. The molecule has 0 aromatic carbocycles. The highest BCUT2D eigenvalue weighted by atomic mass is 16.4. The number of aromatic hydroxyl groups is 1. The van der Waals surface area contributed by atoms with Crippen LogP contribution < -0.4 is 10.9 Å². The van der Waals surface area contributed by atoms with Crippen molar-refractivity contribution in [1.82, 2.24) is 5.32 Å². The van der Waals surface area contributed by atoms with Crippen LogP contribution in [-0.2, 0) is 0 Å². The van der Waals surface area contributed by atoms with E-state index in [0.29, 0.717) is 11.8 Å². The van der Waals surface area contributed by atoms with Crippen molar-refractivity contribution in [3.63, 3.8) is 0 Å². The fraction of sp³-hybridized carbons (Fsp3) is 0.538. The van der Waals surface area contributed by atoms with Gasteiger partial charge in [0, 0.05) is 18.7 Å². The quantitative estimate of drug-likeness (QED) is 0.719. The van der Waals surface area contributed by atoms with Crippen molar-refractivity contribution in [2.24, 2.45) is 17.8 Å². The molecule has 102 valence electrons. The van der Waals surface area contributed by atoms with E-state index in [9.17, 15) is 19.8 Å². The average Bonchev–Trinajstić information content (AvgIpc) is 3.07. The van der Waals surface area contributed by atoms with E-state index in [-0.39, 0.29) is 30.1 Å². The molecule has 2 fully saturated rings. The van der Waals surface area contributed by atoms with Gasteiger partial charge in [-0.2, -0.15) is 0 Å². The first kappa shape index (κ1) is 12.2. The summed E-state index contributed by atoms with van der Waals surface area (Å²) in [6.07, 6.45) is 1.78. The fourth-order valence-corrected chi connectivity index (χ4v) is 3.11. The Morgan fingerprint density at radius 3 is 2.79 bits per heavy atom. The van der Waals surface area contributed by atoms with Crippen LogP contribution in [0, 0.1) is 17.8 Å². The summed E-state index contributed by atoms with van der Waals surface area (Å²) in [5.41, 5.74) is -0.755. The minimum Gasteiger partial charge on any atom is -0.508 e. The lowest BCUT2D eigenvalue weighted by Gasteiger charge is -2.16. The van der Waals surface area contributed by atoms with Crippen LogP contribution in [-0.4, -0.2) is 28.8 Å². The van der Waals surface area contributed by atoms with E-state index < -0.39 is 11.5 Å². The van der Waals surface area contributed by atoms with Crippen molar-refractivity contribution >= 4 is 5.91 Å². The molecule has 2 aliphatic rings. The van der Waals surface area contributed by atoms with Gasteiger partial charge in [0.1, 0.15) is 5.75 Å². The standard InChI is InChI=1S/C13H15NO5/c15-5-6-1-10(9-4-8(6)9)14-13(18)11-2-7(16)3-12(17)19-11/h2-3,6,8-10,15-16H,1,4-5H2,(H,14,18)/t6-,8-,9-,10-/m0/s1. The molecule has 3 rings (SSSR count). The predicted octanol–water partition coefficient (Wildman–Crippen LogP) is 0.0921. The third-order valence-corrected chi connectivity index (χ3v) is 4.10. The van der Waals surface area contributed by atoms with Gasteiger partial charge in [-0.1, -0.05) is 0 Å². The van der Waals surface area contributed by atoms with Gasteiger partial charge in [-0.15, -0.1) is 0 Å². The summed E-state index contributed by atoms with van der Waals surface area (Å²) in [4.78, 5) is 23.0. The Labute approximate surface area is 109 Å².